The van der Waals surface area contributed by atoms with E-state index in [4.69, 9.17) is 17.4 Å². The number of rotatable bonds is 2. The van der Waals surface area contributed by atoms with Crippen molar-refractivity contribution in [3.63, 3.8) is 0 Å². The Bertz CT molecular complexity index is 693. The van der Waals surface area contributed by atoms with Gasteiger partial charge in [-0.2, -0.15) is 15.1 Å². The molecule has 0 amide bonds. The second-order valence-corrected chi connectivity index (χ2v) is 3.95. The molecule has 0 radical (unpaired) electrons. The molecular weight excluding hydrogens is 252 g/mol. The highest BCUT2D eigenvalue weighted by Crippen LogP contribution is 2.23. The molecule has 3 N–H and O–H groups in total. The quantitative estimate of drug-likeness (QED) is 0.417. The standard InChI is InChI=1S/C11H9ClN6/c12-11-15-9(17-13)8-6-14-18(10(8)16-11)7-4-2-1-3-5-7/h1-6H,13H2,(H,15,16,17). The van der Waals surface area contributed by atoms with E-state index in [9.17, 15) is 0 Å². The second kappa shape index (κ2) is 4.25. The molecule has 0 bridgehead atoms. The molecule has 0 aliphatic carbocycles. The van der Waals surface area contributed by atoms with Crippen molar-refractivity contribution in [2.24, 2.45) is 5.84 Å². The average Bonchev–Trinajstić information content (AvgIpc) is 2.82. The van der Waals surface area contributed by atoms with Gasteiger partial charge in [0.15, 0.2) is 11.5 Å². The third kappa shape index (κ3) is 1.68. The minimum atomic E-state index is 0.119. The molecular formula is C11H9ClN6. The number of halogens is 1. The van der Waals surface area contributed by atoms with E-state index in [1.54, 1.807) is 10.9 Å². The maximum atomic E-state index is 5.86. The Morgan fingerprint density at radius 1 is 1.17 bits per heavy atom. The van der Waals surface area contributed by atoms with E-state index < -0.39 is 0 Å². The first-order chi connectivity index (χ1) is 8.79. The fourth-order valence-electron chi connectivity index (χ4n) is 1.75. The molecule has 0 saturated heterocycles. The van der Waals surface area contributed by atoms with Gasteiger partial charge in [-0.1, -0.05) is 18.2 Å². The van der Waals surface area contributed by atoms with Crippen LogP contribution in [0.5, 0.6) is 0 Å². The Hall–Kier alpha value is -2.18. The SMILES string of the molecule is NNc1nc(Cl)nc2c1cnn2-c1ccccc1. The van der Waals surface area contributed by atoms with Crippen molar-refractivity contribution in [3.8, 4) is 5.69 Å². The van der Waals surface area contributed by atoms with Gasteiger partial charge in [-0.05, 0) is 23.7 Å². The van der Waals surface area contributed by atoms with Crippen LogP contribution in [-0.4, -0.2) is 19.7 Å². The van der Waals surface area contributed by atoms with Crippen LogP contribution >= 0.6 is 11.6 Å². The lowest BCUT2D eigenvalue weighted by atomic mass is 10.3. The summed E-state index contributed by atoms with van der Waals surface area (Å²) >= 11 is 5.86. The zero-order valence-electron chi connectivity index (χ0n) is 9.21. The number of benzene rings is 1. The summed E-state index contributed by atoms with van der Waals surface area (Å²) in [4.78, 5) is 8.17. The molecule has 1 aromatic carbocycles. The lowest BCUT2D eigenvalue weighted by Crippen LogP contribution is -2.09. The van der Waals surface area contributed by atoms with E-state index in [2.05, 4.69) is 20.5 Å². The number of nitrogens with zero attached hydrogens (tertiary/aromatic N) is 4. The van der Waals surface area contributed by atoms with Crippen LogP contribution in [0.15, 0.2) is 36.5 Å². The molecule has 3 rings (SSSR count). The lowest BCUT2D eigenvalue weighted by molar-refractivity contribution is 0.895. The molecule has 0 unspecified atom stereocenters. The molecule has 0 saturated carbocycles. The number of nitrogen functional groups attached to an aromatic ring is 1. The number of hydrazine groups is 1. The van der Waals surface area contributed by atoms with Crippen molar-refractivity contribution in [1.29, 1.82) is 0 Å². The van der Waals surface area contributed by atoms with E-state index >= 15 is 0 Å². The zero-order chi connectivity index (χ0) is 12.5. The van der Waals surface area contributed by atoms with E-state index in [1.807, 2.05) is 30.3 Å². The molecule has 7 heteroatoms. The van der Waals surface area contributed by atoms with Gasteiger partial charge in [0.25, 0.3) is 0 Å². The first kappa shape index (κ1) is 10.9. The molecule has 6 nitrogen and oxygen atoms in total. The van der Waals surface area contributed by atoms with Crippen LogP contribution in [0.25, 0.3) is 16.7 Å². The number of hydrogen-bond acceptors (Lipinski definition) is 5. The lowest BCUT2D eigenvalue weighted by Gasteiger charge is -2.04. The van der Waals surface area contributed by atoms with Crippen molar-refractivity contribution >= 4 is 28.5 Å². The summed E-state index contributed by atoms with van der Waals surface area (Å²) < 4.78 is 1.68. The third-order valence-electron chi connectivity index (χ3n) is 2.54. The molecule has 0 aliphatic heterocycles. The van der Waals surface area contributed by atoms with Crippen molar-refractivity contribution in [1.82, 2.24) is 19.7 Å². The van der Waals surface area contributed by atoms with Crippen LogP contribution < -0.4 is 11.3 Å². The molecule has 0 aliphatic rings. The minimum absolute atomic E-state index is 0.119. The molecule has 2 aromatic heterocycles. The number of nitrogens with two attached hydrogens (primary N) is 1. The largest absolute Gasteiger partial charge is 0.308 e. The van der Waals surface area contributed by atoms with E-state index in [-0.39, 0.29) is 5.28 Å². The van der Waals surface area contributed by atoms with E-state index in [1.165, 1.54) is 0 Å². The monoisotopic (exact) mass is 260 g/mol. The topological polar surface area (TPSA) is 81.7 Å². The Morgan fingerprint density at radius 3 is 2.67 bits per heavy atom. The van der Waals surface area contributed by atoms with Gasteiger partial charge < -0.3 is 5.43 Å². The molecule has 18 heavy (non-hydrogen) atoms. The first-order valence-electron chi connectivity index (χ1n) is 5.23. The van der Waals surface area contributed by atoms with Crippen molar-refractivity contribution in [2.45, 2.75) is 0 Å². The van der Waals surface area contributed by atoms with Crippen molar-refractivity contribution in [3.05, 3.63) is 41.8 Å². The molecule has 0 fully saturated rings. The van der Waals surface area contributed by atoms with Gasteiger partial charge >= 0.3 is 0 Å². The van der Waals surface area contributed by atoms with Gasteiger partial charge in [-0.25, -0.2) is 10.5 Å². The number of aromatic nitrogens is 4. The molecule has 3 aromatic rings. The van der Waals surface area contributed by atoms with Crippen molar-refractivity contribution in [2.75, 3.05) is 5.43 Å². The van der Waals surface area contributed by atoms with Crippen molar-refractivity contribution < 1.29 is 0 Å². The summed E-state index contributed by atoms with van der Waals surface area (Å²) in [6.45, 7) is 0. The normalized spacial score (nSPS) is 10.8. The predicted molar refractivity (Wildman–Crippen MR) is 69.5 cm³/mol. The Morgan fingerprint density at radius 2 is 1.94 bits per heavy atom. The highest BCUT2D eigenvalue weighted by molar-refractivity contribution is 6.28. The zero-order valence-corrected chi connectivity index (χ0v) is 9.96. The molecule has 0 atom stereocenters. The number of fused-ring (bicyclic) bond motifs is 1. The van der Waals surface area contributed by atoms with Gasteiger partial charge in [-0.15, -0.1) is 0 Å². The summed E-state index contributed by atoms with van der Waals surface area (Å²) in [6, 6.07) is 9.64. The van der Waals surface area contributed by atoms with Crippen LogP contribution in [0.2, 0.25) is 5.28 Å². The van der Waals surface area contributed by atoms with Crippen LogP contribution in [-0.2, 0) is 0 Å². The van der Waals surface area contributed by atoms with Gasteiger partial charge in [0.2, 0.25) is 5.28 Å². The van der Waals surface area contributed by atoms with Gasteiger partial charge in [-0.3, -0.25) is 0 Å². The summed E-state index contributed by atoms with van der Waals surface area (Å²) in [5, 5.41) is 5.11. The summed E-state index contributed by atoms with van der Waals surface area (Å²) in [5.41, 5.74) is 3.99. The summed E-state index contributed by atoms with van der Waals surface area (Å²) in [6.07, 6.45) is 1.65. The highest BCUT2D eigenvalue weighted by atomic mass is 35.5. The van der Waals surface area contributed by atoms with Gasteiger partial charge in [0.1, 0.15) is 0 Å². The Kier molecular flexibility index (Phi) is 2.58. The molecule has 0 spiro atoms. The minimum Gasteiger partial charge on any atom is -0.308 e. The summed E-state index contributed by atoms with van der Waals surface area (Å²) in [5.74, 6) is 5.85. The van der Waals surface area contributed by atoms with Crippen LogP contribution in [0, 0.1) is 0 Å². The smallest absolute Gasteiger partial charge is 0.226 e. The molecule has 90 valence electrons. The number of para-hydroxylation sites is 1. The fourth-order valence-corrected chi connectivity index (χ4v) is 1.91. The van der Waals surface area contributed by atoms with Gasteiger partial charge in [0.05, 0.1) is 17.3 Å². The van der Waals surface area contributed by atoms with Crippen LogP contribution in [0.4, 0.5) is 5.82 Å². The van der Waals surface area contributed by atoms with Gasteiger partial charge in [0, 0.05) is 0 Å². The maximum Gasteiger partial charge on any atom is 0.226 e. The number of hydrogen-bond donors (Lipinski definition) is 2. The van der Waals surface area contributed by atoms with E-state index in [0.29, 0.717) is 16.9 Å². The highest BCUT2D eigenvalue weighted by Gasteiger charge is 2.12. The van der Waals surface area contributed by atoms with E-state index in [0.717, 1.165) is 5.69 Å². The fraction of sp³-hybridized carbons (Fsp3) is 0. The summed E-state index contributed by atoms with van der Waals surface area (Å²) in [7, 11) is 0. The number of anilines is 1. The first-order valence-corrected chi connectivity index (χ1v) is 5.60. The third-order valence-corrected chi connectivity index (χ3v) is 2.71. The molecule has 2 heterocycles. The van der Waals surface area contributed by atoms with Crippen LogP contribution in [0.1, 0.15) is 0 Å². The second-order valence-electron chi connectivity index (χ2n) is 3.61. The number of nitrogens with one attached hydrogen (secondary N) is 1. The Labute approximate surface area is 107 Å². The van der Waals surface area contributed by atoms with Crippen LogP contribution in [0.3, 0.4) is 0 Å². The average molecular weight is 261 g/mol. The Balaban J connectivity index is 2.30. The maximum absolute atomic E-state index is 5.86. The predicted octanol–water partition coefficient (Wildman–Crippen LogP) is 1.75.